The molecular formula is C18H24N6O. The number of aryl methyl sites for hydroxylation is 1. The third-order valence-corrected chi connectivity index (χ3v) is 5.03. The van der Waals surface area contributed by atoms with Crippen LogP contribution in [0.5, 0.6) is 0 Å². The standard InChI is InChI=1S/C18H24N6O/c1-13-11-20-4-2-16(13)23-5-7-24(8-6-23)17-10-15(21-18(19)22-17)14-3-9-25-12-14/h2,4,10-11,14H,3,5-9,12H2,1H3,(H2,19,21,22). The zero-order valence-electron chi connectivity index (χ0n) is 14.6. The number of nitrogens with two attached hydrogens (primary N) is 1. The van der Waals surface area contributed by atoms with Gasteiger partial charge in [-0.2, -0.15) is 4.98 Å². The molecule has 2 fully saturated rings. The molecule has 0 aliphatic carbocycles. The van der Waals surface area contributed by atoms with Crippen LogP contribution in [0, 0.1) is 6.92 Å². The van der Waals surface area contributed by atoms with Crippen molar-refractivity contribution in [3.05, 3.63) is 35.8 Å². The van der Waals surface area contributed by atoms with Gasteiger partial charge in [-0.05, 0) is 25.0 Å². The van der Waals surface area contributed by atoms with Gasteiger partial charge in [-0.25, -0.2) is 4.98 Å². The summed E-state index contributed by atoms with van der Waals surface area (Å²) in [6.45, 7) is 7.37. The highest BCUT2D eigenvalue weighted by Crippen LogP contribution is 2.28. The van der Waals surface area contributed by atoms with E-state index in [4.69, 9.17) is 10.5 Å². The van der Waals surface area contributed by atoms with Gasteiger partial charge in [-0.3, -0.25) is 4.98 Å². The first-order valence-electron chi connectivity index (χ1n) is 8.83. The minimum Gasteiger partial charge on any atom is -0.381 e. The van der Waals surface area contributed by atoms with Gasteiger partial charge in [0, 0.05) is 62.9 Å². The lowest BCUT2D eigenvalue weighted by Crippen LogP contribution is -2.47. The Morgan fingerprint density at radius 2 is 1.96 bits per heavy atom. The summed E-state index contributed by atoms with van der Waals surface area (Å²) >= 11 is 0. The number of rotatable bonds is 3. The van der Waals surface area contributed by atoms with Gasteiger partial charge >= 0.3 is 0 Å². The molecule has 1 atom stereocenters. The summed E-state index contributed by atoms with van der Waals surface area (Å²) in [5, 5.41) is 0. The predicted molar refractivity (Wildman–Crippen MR) is 98.0 cm³/mol. The Labute approximate surface area is 147 Å². The molecule has 0 saturated carbocycles. The Morgan fingerprint density at radius 3 is 2.68 bits per heavy atom. The highest BCUT2D eigenvalue weighted by molar-refractivity contribution is 5.54. The third kappa shape index (κ3) is 3.37. The average molecular weight is 340 g/mol. The number of nitrogens with zero attached hydrogens (tertiary/aromatic N) is 5. The lowest BCUT2D eigenvalue weighted by atomic mass is 10.0. The molecule has 25 heavy (non-hydrogen) atoms. The summed E-state index contributed by atoms with van der Waals surface area (Å²) in [5.74, 6) is 1.62. The van der Waals surface area contributed by atoms with Gasteiger partial charge in [0.15, 0.2) is 0 Å². The molecule has 0 radical (unpaired) electrons. The molecular weight excluding hydrogens is 316 g/mol. The maximum Gasteiger partial charge on any atom is 0.222 e. The maximum atomic E-state index is 5.96. The van der Waals surface area contributed by atoms with Crippen LogP contribution < -0.4 is 15.5 Å². The van der Waals surface area contributed by atoms with Crippen molar-refractivity contribution < 1.29 is 4.74 Å². The van der Waals surface area contributed by atoms with Gasteiger partial charge in [0.25, 0.3) is 0 Å². The number of anilines is 3. The second-order valence-electron chi connectivity index (χ2n) is 6.71. The van der Waals surface area contributed by atoms with Gasteiger partial charge in [-0.1, -0.05) is 0 Å². The van der Waals surface area contributed by atoms with Crippen molar-refractivity contribution in [2.45, 2.75) is 19.3 Å². The molecule has 0 bridgehead atoms. The Hall–Kier alpha value is -2.41. The Kier molecular flexibility index (Phi) is 4.40. The number of ether oxygens (including phenoxy) is 1. The van der Waals surface area contributed by atoms with Crippen LogP contribution in [0.1, 0.15) is 23.6 Å². The fourth-order valence-electron chi connectivity index (χ4n) is 3.61. The van der Waals surface area contributed by atoms with Crippen LogP contribution in [0.4, 0.5) is 17.5 Å². The zero-order chi connectivity index (χ0) is 17.2. The number of hydrogen-bond donors (Lipinski definition) is 1. The normalized spacial score (nSPS) is 20.9. The van der Waals surface area contributed by atoms with Gasteiger partial charge in [-0.15, -0.1) is 0 Å². The van der Waals surface area contributed by atoms with E-state index in [1.165, 1.54) is 11.3 Å². The van der Waals surface area contributed by atoms with E-state index in [9.17, 15) is 0 Å². The van der Waals surface area contributed by atoms with Crippen molar-refractivity contribution in [3.63, 3.8) is 0 Å². The van der Waals surface area contributed by atoms with Crippen LogP contribution in [0.3, 0.4) is 0 Å². The largest absolute Gasteiger partial charge is 0.381 e. The first kappa shape index (κ1) is 16.1. The molecule has 2 aliphatic rings. The second kappa shape index (κ2) is 6.84. The smallest absolute Gasteiger partial charge is 0.222 e. The number of piperazine rings is 1. The van der Waals surface area contributed by atoms with E-state index in [0.29, 0.717) is 11.9 Å². The SMILES string of the molecule is Cc1cnccc1N1CCN(c2cc(C3CCOC3)nc(N)n2)CC1. The second-order valence-corrected chi connectivity index (χ2v) is 6.71. The molecule has 7 heteroatoms. The zero-order valence-corrected chi connectivity index (χ0v) is 14.6. The van der Waals surface area contributed by atoms with Gasteiger partial charge < -0.3 is 20.3 Å². The van der Waals surface area contributed by atoms with Crippen molar-refractivity contribution in [1.82, 2.24) is 15.0 Å². The average Bonchev–Trinajstić information content (AvgIpc) is 3.17. The fraction of sp³-hybridized carbons (Fsp3) is 0.500. The van der Waals surface area contributed by atoms with E-state index in [1.807, 2.05) is 12.4 Å². The van der Waals surface area contributed by atoms with Crippen LogP contribution >= 0.6 is 0 Å². The Morgan fingerprint density at radius 1 is 1.16 bits per heavy atom. The molecule has 0 aromatic carbocycles. The molecule has 2 aromatic rings. The summed E-state index contributed by atoms with van der Waals surface area (Å²) < 4.78 is 5.48. The first-order valence-corrected chi connectivity index (χ1v) is 8.83. The van der Waals surface area contributed by atoms with Gasteiger partial charge in [0.2, 0.25) is 5.95 Å². The number of nitrogen functional groups attached to an aromatic ring is 1. The monoisotopic (exact) mass is 340 g/mol. The topological polar surface area (TPSA) is 80.4 Å². The van der Waals surface area contributed by atoms with Crippen LogP contribution in [0.15, 0.2) is 24.5 Å². The Balaban J connectivity index is 1.48. The number of pyridine rings is 1. The molecule has 2 N–H and O–H groups in total. The lowest BCUT2D eigenvalue weighted by Gasteiger charge is -2.37. The predicted octanol–water partition coefficient (Wildman–Crippen LogP) is 1.59. The summed E-state index contributed by atoms with van der Waals surface area (Å²) in [7, 11) is 0. The molecule has 2 aliphatic heterocycles. The van der Waals surface area contributed by atoms with Crippen LogP contribution in [-0.2, 0) is 4.74 Å². The molecule has 4 rings (SSSR count). The molecule has 0 amide bonds. The first-order chi connectivity index (χ1) is 12.2. The maximum absolute atomic E-state index is 5.96. The molecule has 0 spiro atoms. The molecule has 2 saturated heterocycles. The quantitative estimate of drug-likeness (QED) is 0.909. The van der Waals surface area contributed by atoms with Crippen LogP contribution in [0.25, 0.3) is 0 Å². The number of hydrogen-bond acceptors (Lipinski definition) is 7. The molecule has 7 nitrogen and oxygen atoms in total. The minimum atomic E-state index is 0.338. The van der Waals surface area contributed by atoms with E-state index in [1.54, 1.807) is 0 Å². The molecule has 1 unspecified atom stereocenters. The van der Waals surface area contributed by atoms with Crippen LogP contribution in [-0.4, -0.2) is 54.3 Å². The fourth-order valence-corrected chi connectivity index (χ4v) is 3.61. The highest BCUT2D eigenvalue weighted by Gasteiger charge is 2.24. The van der Waals surface area contributed by atoms with E-state index < -0.39 is 0 Å². The summed E-state index contributed by atoms with van der Waals surface area (Å²) in [4.78, 5) is 17.8. The van der Waals surface area contributed by atoms with E-state index in [2.05, 4.69) is 43.8 Å². The van der Waals surface area contributed by atoms with Gasteiger partial charge in [0.1, 0.15) is 5.82 Å². The van der Waals surface area contributed by atoms with Crippen molar-refractivity contribution in [2.24, 2.45) is 0 Å². The van der Waals surface area contributed by atoms with Crippen molar-refractivity contribution in [2.75, 3.05) is 54.9 Å². The van der Waals surface area contributed by atoms with Gasteiger partial charge in [0.05, 0.1) is 12.3 Å². The minimum absolute atomic E-state index is 0.338. The highest BCUT2D eigenvalue weighted by atomic mass is 16.5. The molecule has 2 aromatic heterocycles. The van der Waals surface area contributed by atoms with Crippen LogP contribution in [0.2, 0.25) is 0 Å². The summed E-state index contributed by atoms with van der Waals surface area (Å²) in [5.41, 5.74) is 9.45. The lowest BCUT2D eigenvalue weighted by molar-refractivity contribution is 0.193. The molecule has 4 heterocycles. The van der Waals surface area contributed by atoms with Crippen molar-refractivity contribution in [1.29, 1.82) is 0 Å². The van der Waals surface area contributed by atoms with Crippen molar-refractivity contribution >= 4 is 17.5 Å². The Bertz CT molecular complexity index is 738. The number of aromatic nitrogens is 3. The van der Waals surface area contributed by atoms with E-state index >= 15 is 0 Å². The van der Waals surface area contributed by atoms with E-state index in [0.717, 1.165) is 57.3 Å². The third-order valence-electron chi connectivity index (χ3n) is 5.03. The summed E-state index contributed by atoms with van der Waals surface area (Å²) in [6.07, 6.45) is 4.78. The van der Waals surface area contributed by atoms with E-state index in [-0.39, 0.29) is 0 Å². The summed E-state index contributed by atoms with van der Waals surface area (Å²) in [6, 6.07) is 4.18. The van der Waals surface area contributed by atoms with Crippen molar-refractivity contribution in [3.8, 4) is 0 Å². The molecule has 132 valence electrons.